The second-order valence-electron chi connectivity index (χ2n) is 6.10. The maximum Gasteiger partial charge on any atom is 0.270 e. The number of nitrogens with zero attached hydrogens (tertiary/aromatic N) is 2. The lowest BCUT2D eigenvalue weighted by Crippen LogP contribution is -2.33. The fraction of sp³-hybridized carbons (Fsp3) is 0.438. The third-order valence-corrected chi connectivity index (χ3v) is 4.29. The first-order valence-electron chi connectivity index (χ1n) is 7.36. The lowest BCUT2D eigenvalue weighted by molar-refractivity contribution is 0.0769. The summed E-state index contributed by atoms with van der Waals surface area (Å²) in [6, 6.07) is 7.58. The molecule has 1 aromatic carbocycles. The highest BCUT2D eigenvalue weighted by atomic mass is 16.2. The van der Waals surface area contributed by atoms with Gasteiger partial charge in [-0.25, -0.2) is 0 Å². The van der Waals surface area contributed by atoms with E-state index in [2.05, 4.69) is 16.9 Å². The van der Waals surface area contributed by atoms with E-state index in [0.717, 1.165) is 37.0 Å². The maximum atomic E-state index is 12.5. The van der Waals surface area contributed by atoms with Crippen LogP contribution in [0, 0.1) is 5.92 Å². The summed E-state index contributed by atoms with van der Waals surface area (Å²) in [5, 5.41) is 0.979. The minimum absolute atomic E-state index is 0.0279. The van der Waals surface area contributed by atoms with Crippen molar-refractivity contribution in [3.05, 3.63) is 30.0 Å². The Bertz CT molecular complexity index is 663. The molecule has 1 fully saturated rings. The second-order valence-corrected chi connectivity index (χ2v) is 6.10. The number of likely N-dealkylation sites (tertiary alicyclic amines) is 1. The van der Waals surface area contributed by atoms with E-state index in [1.165, 1.54) is 0 Å². The number of rotatable bonds is 3. The van der Waals surface area contributed by atoms with Gasteiger partial charge in [-0.2, -0.15) is 0 Å². The number of nitrogens with two attached hydrogens (primary N) is 1. The summed E-state index contributed by atoms with van der Waals surface area (Å²) in [6.45, 7) is 2.99. The molecule has 2 aromatic rings. The monoisotopic (exact) mass is 286 g/mol. The summed E-state index contributed by atoms with van der Waals surface area (Å²) < 4.78 is 0. The van der Waals surface area contributed by atoms with E-state index >= 15 is 0 Å². The predicted molar refractivity (Wildman–Crippen MR) is 85.3 cm³/mol. The molecule has 2 heterocycles. The fourth-order valence-electron chi connectivity index (χ4n) is 3.15. The van der Waals surface area contributed by atoms with E-state index in [4.69, 9.17) is 5.73 Å². The third-order valence-electron chi connectivity index (χ3n) is 4.29. The second kappa shape index (κ2) is 5.41. The molecule has 1 aliphatic rings. The molecule has 3 rings (SSSR count). The molecular weight excluding hydrogens is 264 g/mol. The number of benzene rings is 1. The van der Waals surface area contributed by atoms with Gasteiger partial charge in [0.2, 0.25) is 0 Å². The number of amides is 1. The molecule has 0 radical (unpaired) electrons. The zero-order valence-electron chi connectivity index (χ0n) is 12.6. The Kier molecular flexibility index (Phi) is 3.59. The number of nitrogen functional groups attached to an aromatic ring is 1. The van der Waals surface area contributed by atoms with Crippen molar-refractivity contribution in [3.8, 4) is 0 Å². The van der Waals surface area contributed by atoms with Crippen molar-refractivity contribution in [1.29, 1.82) is 0 Å². The summed E-state index contributed by atoms with van der Waals surface area (Å²) in [5.74, 6) is 0.596. The molecule has 1 unspecified atom stereocenters. The Labute approximate surface area is 124 Å². The average molecular weight is 286 g/mol. The van der Waals surface area contributed by atoms with Gasteiger partial charge in [0.05, 0.1) is 11.2 Å². The van der Waals surface area contributed by atoms with Gasteiger partial charge in [-0.05, 0) is 38.1 Å². The molecule has 1 amide bonds. The van der Waals surface area contributed by atoms with Crippen molar-refractivity contribution in [2.45, 2.75) is 6.42 Å². The number of anilines is 1. The van der Waals surface area contributed by atoms with Gasteiger partial charge in [0, 0.05) is 25.5 Å². The van der Waals surface area contributed by atoms with Gasteiger partial charge in [-0.3, -0.25) is 4.79 Å². The SMILES string of the molecule is CN1CCC(CN(C)C(=O)c2cc3cccc(N)c3[nH]2)C1. The molecule has 0 aliphatic carbocycles. The number of carbonyl (C=O) groups excluding carboxylic acids is 1. The van der Waals surface area contributed by atoms with Crippen molar-refractivity contribution >= 4 is 22.5 Å². The average Bonchev–Trinajstić information content (AvgIpc) is 3.05. The van der Waals surface area contributed by atoms with E-state index in [-0.39, 0.29) is 5.91 Å². The van der Waals surface area contributed by atoms with Crippen molar-refractivity contribution in [2.75, 3.05) is 39.5 Å². The van der Waals surface area contributed by atoms with Crippen molar-refractivity contribution in [2.24, 2.45) is 5.92 Å². The highest BCUT2D eigenvalue weighted by molar-refractivity contribution is 6.00. The number of H-pyrrole nitrogens is 1. The highest BCUT2D eigenvalue weighted by Crippen LogP contribution is 2.22. The molecule has 3 N–H and O–H groups in total. The molecular formula is C16H22N4O. The van der Waals surface area contributed by atoms with Crippen LogP contribution in [0.2, 0.25) is 0 Å². The summed E-state index contributed by atoms with van der Waals surface area (Å²) >= 11 is 0. The summed E-state index contributed by atoms with van der Waals surface area (Å²) in [6.07, 6.45) is 1.16. The Hall–Kier alpha value is -2.01. The quantitative estimate of drug-likeness (QED) is 0.845. The Balaban J connectivity index is 1.75. The molecule has 1 aliphatic heterocycles. The zero-order chi connectivity index (χ0) is 15.0. The van der Waals surface area contributed by atoms with Gasteiger partial charge in [0.25, 0.3) is 5.91 Å². The Morgan fingerprint density at radius 2 is 2.33 bits per heavy atom. The maximum absolute atomic E-state index is 12.5. The topological polar surface area (TPSA) is 65.4 Å². The van der Waals surface area contributed by atoms with Crippen LogP contribution in [0.4, 0.5) is 5.69 Å². The first-order chi connectivity index (χ1) is 10.0. The van der Waals surface area contributed by atoms with Crippen LogP contribution in [-0.2, 0) is 0 Å². The van der Waals surface area contributed by atoms with Crippen LogP contribution in [0.1, 0.15) is 16.9 Å². The molecule has 1 saturated heterocycles. The third kappa shape index (κ3) is 2.74. The molecule has 21 heavy (non-hydrogen) atoms. The molecule has 0 saturated carbocycles. The van der Waals surface area contributed by atoms with Crippen LogP contribution >= 0.6 is 0 Å². The van der Waals surface area contributed by atoms with Crippen LogP contribution in [0.5, 0.6) is 0 Å². The number of nitrogens with one attached hydrogen (secondary N) is 1. The minimum atomic E-state index is 0.0279. The number of carbonyl (C=O) groups is 1. The van der Waals surface area contributed by atoms with Gasteiger partial charge in [0.15, 0.2) is 0 Å². The highest BCUT2D eigenvalue weighted by Gasteiger charge is 2.23. The van der Waals surface area contributed by atoms with Crippen molar-refractivity contribution in [3.63, 3.8) is 0 Å². The van der Waals surface area contributed by atoms with E-state index in [1.807, 2.05) is 36.2 Å². The zero-order valence-corrected chi connectivity index (χ0v) is 12.6. The lowest BCUT2D eigenvalue weighted by Gasteiger charge is -2.20. The van der Waals surface area contributed by atoms with Gasteiger partial charge in [-0.1, -0.05) is 12.1 Å². The first-order valence-corrected chi connectivity index (χ1v) is 7.36. The lowest BCUT2D eigenvalue weighted by atomic mass is 10.1. The molecule has 5 heteroatoms. The van der Waals surface area contributed by atoms with Crippen molar-refractivity contribution in [1.82, 2.24) is 14.8 Å². The van der Waals surface area contributed by atoms with Gasteiger partial charge in [-0.15, -0.1) is 0 Å². The van der Waals surface area contributed by atoms with Crippen LogP contribution in [0.15, 0.2) is 24.3 Å². The molecule has 1 aromatic heterocycles. The Morgan fingerprint density at radius 1 is 1.52 bits per heavy atom. The van der Waals surface area contributed by atoms with Gasteiger partial charge < -0.3 is 20.5 Å². The molecule has 112 valence electrons. The van der Waals surface area contributed by atoms with E-state index in [0.29, 0.717) is 17.3 Å². The number of fused-ring (bicyclic) bond motifs is 1. The first kappa shape index (κ1) is 13.9. The summed E-state index contributed by atoms with van der Waals surface area (Å²) in [7, 11) is 4.00. The number of aromatic nitrogens is 1. The number of para-hydroxylation sites is 1. The van der Waals surface area contributed by atoms with Crippen LogP contribution in [0.25, 0.3) is 10.9 Å². The van der Waals surface area contributed by atoms with E-state index < -0.39 is 0 Å². The summed E-state index contributed by atoms with van der Waals surface area (Å²) in [4.78, 5) is 19.8. The standard InChI is InChI=1S/C16H22N4O/c1-19-7-6-11(9-19)10-20(2)16(21)14-8-12-4-3-5-13(17)15(12)18-14/h3-5,8,11,18H,6-7,9-10,17H2,1-2H3. The predicted octanol–water partition coefficient (Wildman–Crippen LogP) is 1.77. The molecule has 0 spiro atoms. The van der Waals surface area contributed by atoms with Gasteiger partial charge in [0.1, 0.15) is 5.69 Å². The van der Waals surface area contributed by atoms with E-state index in [1.54, 1.807) is 0 Å². The van der Waals surface area contributed by atoms with Crippen LogP contribution in [0.3, 0.4) is 0 Å². The molecule has 1 atom stereocenters. The normalized spacial score (nSPS) is 19.2. The van der Waals surface area contributed by atoms with E-state index in [9.17, 15) is 4.79 Å². The number of hydrogen-bond acceptors (Lipinski definition) is 3. The molecule has 0 bridgehead atoms. The van der Waals surface area contributed by atoms with Gasteiger partial charge >= 0.3 is 0 Å². The minimum Gasteiger partial charge on any atom is -0.397 e. The largest absolute Gasteiger partial charge is 0.397 e. The van der Waals surface area contributed by atoms with Crippen LogP contribution in [-0.4, -0.2) is 54.4 Å². The summed E-state index contributed by atoms with van der Waals surface area (Å²) in [5.41, 5.74) is 8.05. The van der Waals surface area contributed by atoms with Crippen LogP contribution < -0.4 is 5.73 Å². The fourth-order valence-corrected chi connectivity index (χ4v) is 3.15. The number of aromatic amines is 1. The smallest absolute Gasteiger partial charge is 0.270 e. The van der Waals surface area contributed by atoms with Crippen molar-refractivity contribution < 1.29 is 4.79 Å². The molecule has 5 nitrogen and oxygen atoms in total. The number of hydrogen-bond donors (Lipinski definition) is 2. The Morgan fingerprint density at radius 3 is 3.00 bits per heavy atom.